The number of anilines is 2. The van der Waals surface area contributed by atoms with Gasteiger partial charge in [-0.05, 0) is 13.8 Å². The van der Waals surface area contributed by atoms with E-state index in [1.807, 2.05) is 25.9 Å². The lowest BCUT2D eigenvalue weighted by Crippen LogP contribution is -2.18. The van der Waals surface area contributed by atoms with Crippen LogP contribution in [0.4, 0.5) is 11.6 Å². The number of aromatic nitrogens is 5. The fourth-order valence-electron chi connectivity index (χ4n) is 2.38. The monoisotopic (exact) mass is 349 g/mol. The van der Waals surface area contributed by atoms with Crippen molar-refractivity contribution in [1.29, 1.82) is 0 Å². The summed E-state index contributed by atoms with van der Waals surface area (Å²) in [5.74, 6) is 0.947. The molecule has 3 rings (SSSR count). The maximum atomic E-state index is 12.6. The van der Waals surface area contributed by atoms with E-state index in [0.29, 0.717) is 17.2 Å². The standard InChI is InChI=1S/C14H19N7O2S/c1-9-6-13-16-12(7-14(19(3)4)21(13)17-9)18-24(22,23)11-8-15-20(5)10(11)2/h6-8H,1-5H3,(H,16,18). The molecule has 9 nitrogen and oxygen atoms in total. The van der Waals surface area contributed by atoms with Crippen molar-refractivity contribution in [2.24, 2.45) is 7.05 Å². The maximum Gasteiger partial charge on any atom is 0.266 e. The summed E-state index contributed by atoms with van der Waals surface area (Å²) in [4.78, 5) is 6.31. The second-order valence-corrected chi connectivity index (χ2v) is 7.42. The van der Waals surface area contributed by atoms with Gasteiger partial charge in [-0.3, -0.25) is 9.40 Å². The molecule has 0 aromatic carbocycles. The van der Waals surface area contributed by atoms with Crippen molar-refractivity contribution in [2.45, 2.75) is 18.7 Å². The Morgan fingerprint density at radius 3 is 2.50 bits per heavy atom. The van der Waals surface area contributed by atoms with Crippen molar-refractivity contribution >= 4 is 27.3 Å². The quantitative estimate of drug-likeness (QED) is 0.753. The van der Waals surface area contributed by atoms with Crippen LogP contribution in [0.25, 0.3) is 5.65 Å². The van der Waals surface area contributed by atoms with Gasteiger partial charge in [0.25, 0.3) is 10.0 Å². The average Bonchev–Trinajstić information content (AvgIpc) is 3.00. The van der Waals surface area contributed by atoms with E-state index in [0.717, 1.165) is 5.69 Å². The van der Waals surface area contributed by atoms with Crippen molar-refractivity contribution in [3.05, 3.63) is 29.7 Å². The normalized spacial score (nSPS) is 11.9. The van der Waals surface area contributed by atoms with Crippen LogP contribution in [0.1, 0.15) is 11.4 Å². The van der Waals surface area contributed by atoms with Crippen LogP contribution >= 0.6 is 0 Å². The first-order valence-corrected chi connectivity index (χ1v) is 8.73. The minimum absolute atomic E-state index is 0.128. The SMILES string of the molecule is Cc1cc2nc(NS(=O)(=O)c3cnn(C)c3C)cc(N(C)C)n2n1. The van der Waals surface area contributed by atoms with Gasteiger partial charge in [0.2, 0.25) is 0 Å². The Morgan fingerprint density at radius 2 is 1.92 bits per heavy atom. The van der Waals surface area contributed by atoms with Gasteiger partial charge in [-0.15, -0.1) is 0 Å². The predicted molar refractivity (Wildman–Crippen MR) is 90.8 cm³/mol. The first kappa shape index (κ1) is 16.2. The number of nitrogens with one attached hydrogen (secondary N) is 1. The zero-order chi connectivity index (χ0) is 17.6. The van der Waals surface area contributed by atoms with Gasteiger partial charge in [-0.1, -0.05) is 0 Å². The van der Waals surface area contributed by atoms with Gasteiger partial charge in [0.05, 0.1) is 17.6 Å². The summed E-state index contributed by atoms with van der Waals surface area (Å²) in [6.07, 6.45) is 1.33. The number of nitrogens with zero attached hydrogens (tertiary/aromatic N) is 6. The summed E-state index contributed by atoms with van der Waals surface area (Å²) in [7, 11) is 1.63. The van der Waals surface area contributed by atoms with Crippen LogP contribution in [0.2, 0.25) is 0 Å². The molecule has 0 aliphatic rings. The van der Waals surface area contributed by atoms with Gasteiger partial charge in [0, 0.05) is 33.3 Å². The molecular weight excluding hydrogens is 330 g/mol. The van der Waals surface area contributed by atoms with Crippen molar-refractivity contribution < 1.29 is 8.42 Å². The molecule has 0 radical (unpaired) electrons. The molecule has 0 unspecified atom stereocenters. The highest BCUT2D eigenvalue weighted by Gasteiger charge is 2.21. The third kappa shape index (κ3) is 2.68. The summed E-state index contributed by atoms with van der Waals surface area (Å²) in [5, 5.41) is 8.35. The molecule has 0 aliphatic carbocycles. The molecular formula is C14H19N7O2S. The molecule has 24 heavy (non-hydrogen) atoms. The first-order chi connectivity index (χ1) is 11.2. The van der Waals surface area contributed by atoms with E-state index in [-0.39, 0.29) is 10.7 Å². The number of aryl methyl sites for hydroxylation is 2. The van der Waals surface area contributed by atoms with E-state index >= 15 is 0 Å². The zero-order valence-electron chi connectivity index (χ0n) is 14.1. The van der Waals surface area contributed by atoms with Gasteiger partial charge in [-0.2, -0.15) is 14.7 Å². The molecule has 0 saturated heterocycles. The summed E-state index contributed by atoms with van der Waals surface area (Å²) in [6.45, 7) is 3.56. The van der Waals surface area contributed by atoms with Gasteiger partial charge < -0.3 is 4.90 Å². The third-order valence-corrected chi connectivity index (χ3v) is 5.17. The Kier molecular flexibility index (Phi) is 3.71. The summed E-state index contributed by atoms with van der Waals surface area (Å²) in [5.41, 5.74) is 1.92. The molecule has 10 heteroatoms. The van der Waals surface area contributed by atoms with Gasteiger partial charge in [0.1, 0.15) is 16.5 Å². The topological polar surface area (TPSA) is 97.4 Å². The largest absolute Gasteiger partial charge is 0.363 e. The lowest BCUT2D eigenvalue weighted by molar-refractivity contribution is 0.600. The van der Waals surface area contributed by atoms with Crippen molar-refractivity contribution in [1.82, 2.24) is 24.4 Å². The molecule has 0 atom stereocenters. The highest BCUT2D eigenvalue weighted by Crippen LogP contribution is 2.22. The first-order valence-electron chi connectivity index (χ1n) is 7.25. The number of sulfonamides is 1. The van der Waals surface area contributed by atoms with Crippen molar-refractivity contribution in [3.63, 3.8) is 0 Å². The maximum absolute atomic E-state index is 12.6. The Bertz CT molecular complexity index is 1020. The Morgan fingerprint density at radius 1 is 1.21 bits per heavy atom. The number of hydrogen-bond donors (Lipinski definition) is 1. The Balaban J connectivity index is 2.08. The van der Waals surface area contributed by atoms with Gasteiger partial charge >= 0.3 is 0 Å². The summed E-state index contributed by atoms with van der Waals surface area (Å²) >= 11 is 0. The Hall–Kier alpha value is -2.62. The Labute approximate surface area is 140 Å². The van der Waals surface area contributed by atoms with Gasteiger partial charge in [0.15, 0.2) is 5.65 Å². The predicted octanol–water partition coefficient (Wildman–Crippen LogP) is 0.946. The number of rotatable bonds is 4. The van der Waals surface area contributed by atoms with Crippen LogP contribution in [0.3, 0.4) is 0 Å². The lowest BCUT2D eigenvalue weighted by atomic mass is 10.4. The molecule has 0 bridgehead atoms. The average molecular weight is 349 g/mol. The van der Waals surface area contributed by atoms with Crippen LogP contribution in [0, 0.1) is 13.8 Å². The molecule has 3 aromatic rings. The fourth-order valence-corrected chi connectivity index (χ4v) is 3.58. The highest BCUT2D eigenvalue weighted by molar-refractivity contribution is 7.92. The minimum atomic E-state index is -3.77. The van der Waals surface area contributed by atoms with E-state index in [2.05, 4.69) is 19.9 Å². The molecule has 0 saturated carbocycles. The van der Waals surface area contributed by atoms with Crippen molar-refractivity contribution in [3.8, 4) is 0 Å². The molecule has 1 N–H and O–H groups in total. The number of fused-ring (bicyclic) bond motifs is 1. The van der Waals surface area contributed by atoms with E-state index in [1.54, 1.807) is 30.6 Å². The highest BCUT2D eigenvalue weighted by atomic mass is 32.2. The molecule has 0 aliphatic heterocycles. The molecule has 0 fully saturated rings. The van der Waals surface area contributed by atoms with E-state index < -0.39 is 10.0 Å². The van der Waals surface area contributed by atoms with Crippen LogP contribution in [0.5, 0.6) is 0 Å². The van der Waals surface area contributed by atoms with Crippen LogP contribution in [-0.4, -0.2) is 46.9 Å². The second-order valence-electron chi connectivity index (χ2n) is 5.77. The summed E-state index contributed by atoms with van der Waals surface area (Å²) in [6, 6.07) is 3.43. The van der Waals surface area contributed by atoms with E-state index in [1.165, 1.54) is 10.9 Å². The van der Waals surface area contributed by atoms with Crippen LogP contribution < -0.4 is 9.62 Å². The van der Waals surface area contributed by atoms with Crippen LogP contribution in [-0.2, 0) is 17.1 Å². The molecule has 128 valence electrons. The second kappa shape index (κ2) is 5.48. The minimum Gasteiger partial charge on any atom is -0.363 e. The molecule has 3 heterocycles. The fraction of sp³-hybridized carbons (Fsp3) is 0.357. The van der Waals surface area contributed by atoms with E-state index in [4.69, 9.17) is 0 Å². The summed E-state index contributed by atoms with van der Waals surface area (Å²) < 4.78 is 30.9. The van der Waals surface area contributed by atoms with Crippen LogP contribution in [0.15, 0.2) is 23.2 Å². The lowest BCUT2D eigenvalue weighted by Gasteiger charge is -2.15. The van der Waals surface area contributed by atoms with Gasteiger partial charge in [-0.25, -0.2) is 13.4 Å². The molecule has 0 amide bonds. The smallest absolute Gasteiger partial charge is 0.266 e. The third-order valence-electron chi connectivity index (χ3n) is 3.71. The molecule has 0 spiro atoms. The number of hydrogen-bond acceptors (Lipinski definition) is 6. The zero-order valence-corrected chi connectivity index (χ0v) is 15.0. The van der Waals surface area contributed by atoms with Crippen molar-refractivity contribution in [2.75, 3.05) is 23.7 Å². The van der Waals surface area contributed by atoms with E-state index in [9.17, 15) is 8.42 Å². The molecule has 3 aromatic heterocycles.